The molecule has 0 spiro atoms. The number of rotatable bonds is 4. The molecule has 6 nitrogen and oxygen atoms in total. The van der Waals surface area contributed by atoms with Crippen molar-refractivity contribution < 1.29 is 9.59 Å². The first-order valence-electron chi connectivity index (χ1n) is 10.8. The Hall–Kier alpha value is -3.71. The molecular weight excluding hydrogens is 432 g/mol. The first-order chi connectivity index (χ1) is 16.2. The molecule has 2 aliphatic rings. The van der Waals surface area contributed by atoms with Gasteiger partial charge in [0.1, 0.15) is 5.70 Å². The van der Waals surface area contributed by atoms with Crippen LogP contribution in [0, 0.1) is 0 Å². The van der Waals surface area contributed by atoms with Crippen LogP contribution in [0.1, 0.15) is 16.7 Å². The van der Waals surface area contributed by atoms with Crippen LogP contribution in [-0.2, 0) is 22.6 Å². The molecule has 164 valence electrons. The Balaban J connectivity index is 1.35. The van der Waals surface area contributed by atoms with Crippen LogP contribution in [0.4, 0.5) is 5.69 Å². The molecular formula is C26H22N4O2S. The fraction of sp³-hybridized carbons (Fsp3) is 0.154. The number of hydrogen-bond acceptors (Lipinski definition) is 5. The lowest BCUT2D eigenvalue weighted by Crippen LogP contribution is -2.38. The second kappa shape index (κ2) is 9.42. The van der Waals surface area contributed by atoms with Gasteiger partial charge in [0.2, 0.25) is 5.91 Å². The summed E-state index contributed by atoms with van der Waals surface area (Å²) < 4.78 is 0. The zero-order valence-corrected chi connectivity index (χ0v) is 18.7. The van der Waals surface area contributed by atoms with E-state index in [1.807, 2.05) is 59.5 Å². The van der Waals surface area contributed by atoms with Gasteiger partial charge in [-0.2, -0.15) is 0 Å². The monoisotopic (exact) mass is 454 g/mol. The number of thioether (sulfide) groups is 1. The molecule has 0 N–H and O–H groups in total. The Bertz CT molecular complexity index is 1240. The topological polar surface area (TPSA) is 65.9 Å². The zero-order valence-electron chi connectivity index (χ0n) is 17.9. The number of aliphatic imine (C=N–C) groups is 1. The maximum atomic E-state index is 13.2. The third-order valence-corrected chi connectivity index (χ3v) is 6.56. The third kappa shape index (κ3) is 4.59. The fourth-order valence-corrected chi connectivity index (χ4v) is 4.86. The summed E-state index contributed by atoms with van der Waals surface area (Å²) in [6.45, 7) is 1.33. The number of fused-ring (bicyclic) bond motifs is 1. The van der Waals surface area contributed by atoms with E-state index in [1.165, 1.54) is 22.9 Å². The van der Waals surface area contributed by atoms with Crippen molar-refractivity contribution in [2.75, 3.05) is 17.2 Å². The zero-order chi connectivity index (χ0) is 22.6. The van der Waals surface area contributed by atoms with E-state index in [0.29, 0.717) is 24.0 Å². The van der Waals surface area contributed by atoms with Gasteiger partial charge in [-0.1, -0.05) is 60.3 Å². The normalized spacial score (nSPS) is 16.7. The van der Waals surface area contributed by atoms with E-state index in [-0.39, 0.29) is 17.6 Å². The van der Waals surface area contributed by atoms with Crippen LogP contribution in [0.2, 0.25) is 0 Å². The smallest absolute Gasteiger partial charge is 0.283 e. The number of pyridine rings is 1. The number of amides is 2. The summed E-state index contributed by atoms with van der Waals surface area (Å²) in [6, 6.07) is 21.3. The van der Waals surface area contributed by atoms with Gasteiger partial charge < -0.3 is 4.90 Å². The van der Waals surface area contributed by atoms with Gasteiger partial charge >= 0.3 is 0 Å². The largest absolute Gasteiger partial charge is 0.337 e. The molecule has 2 amide bonds. The second-order valence-electron chi connectivity index (χ2n) is 7.81. The summed E-state index contributed by atoms with van der Waals surface area (Å²) in [5.41, 5.74) is 4.35. The maximum absolute atomic E-state index is 13.2. The Labute approximate surface area is 196 Å². The van der Waals surface area contributed by atoms with E-state index in [0.717, 1.165) is 17.7 Å². The number of aromatic nitrogens is 1. The standard InChI is InChI=1S/C26H22N4O2S/c31-24(29-14-12-20-8-4-5-9-21(20)17-29)18-33-26-28-23(15-19-7-6-13-27-16-19)25(32)30(26)22-10-2-1-3-11-22/h1-11,13,15-16H,12,14,17-18H2/b23-15+. The molecule has 5 rings (SSSR count). The highest BCUT2D eigenvalue weighted by atomic mass is 32.2. The maximum Gasteiger partial charge on any atom is 0.283 e. The van der Waals surface area contributed by atoms with Crippen LogP contribution >= 0.6 is 11.8 Å². The minimum Gasteiger partial charge on any atom is -0.337 e. The van der Waals surface area contributed by atoms with Crippen molar-refractivity contribution in [2.45, 2.75) is 13.0 Å². The quantitative estimate of drug-likeness (QED) is 0.556. The highest BCUT2D eigenvalue weighted by Gasteiger charge is 2.33. The van der Waals surface area contributed by atoms with Gasteiger partial charge in [0, 0.05) is 25.5 Å². The van der Waals surface area contributed by atoms with Crippen molar-refractivity contribution in [3.63, 3.8) is 0 Å². The lowest BCUT2D eigenvalue weighted by molar-refractivity contribution is -0.129. The summed E-state index contributed by atoms with van der Waals surface area (Å²) in [5.74, 6) is 0.0480. The molecule has 0 saturated heterocycles. The SMILES string of the molecule is O=C(CSC1=N/C(=C/c2cccnc2)C(=O)N1c1ccccc1)N1CCc2ccccc2C1. The summed E-state index contributed by atoms with van der Waals surface area (Å²) >= 11 is 1.30. The van der Waals surface area contributed by atoms with E-state index < -0.39 is 0 Å². The predicted molar refractivity (Wildman–Crippen MR) is 132 cm³/mol. The van der Waals surface area contributed by atoms with Gasteiger partial charge in [-0.05, 0) is 47.4 Å². The van der Waals surface area contributed by atoms with Crippen molar-refractivity contribution >= 4 is 40.5 Å². The van der Waals surface area contributed by atoms with Crippen molar-refractivity contribution in [1.82, 2.24) is 9.88 Å². The molecule has 0 fully saturated rings. The van der Waals surface area contributed by atoms with E-state index in [2.05, 4.69) is 22.1 Å². The summed E-state index contributed by atoms with van der Waals surface area (Å²) in [6.07, 6.45) is 5.96. The molecule has 1 aromatic heterocycles. The van der Waals surface area contributed by atoms with E-state index >= 15 is 0 Å². The number of carbonyl (C=O) groups is 2. The Morgan fingerprint density at radius 2 is 1.79 bits per heavy atom. The van der Waals surface area contributed by atoms with E-state index in [4.69, 9.17) is 0 Å². The van der Waals surface area contributed by atoms with Gasteiger partial charge in [0.15, 0.2) is 5.17 Å². The molecule has 33 heavy (non-hydrogen) atoms. The van der Waals surface area contributed by atoms with Gasteiger partial charge in [-0.15, -0.1) is 0 Å². The van der Waals surface area contributed by atoms with Crippen molar-refractivity contribution in [3.05, 3.63) is 102 Å². The van der Waals surface area contributed by atoms with Crippen LogP contribution < -0.4 is 4.90 Å². The highest BCUT2D eigenvalue weighted by molar-refractivity contribution is 8.14. The minimum absolute atomic E-state index is 0.0438. The van der Waals surface area contributed by atoms with Crippen LogP contribution in [-0.4, -0.2) is 39.2 Å². The average Bonchev–Trinajstić information content (AvgIpc) is 3.18. The number of amidine groups is 1. The molecule has 0 saturated carbocycles. The molecule has 2 aromatic carbocycles. The molecule has 7 heteroatoms. The molecule has 0 unspecified atom stereocenters. The molecule has 0 radical (unpaired) electrons. The Kier molecular flexibility index (Phi) is 6.04. The average molecular weight is 455 g/mol. The number of nitrogens with zero attached hydrogens (tertiary/aromatic N) is 4. The highest BCUT2D eigenvalue weighted by Crippen LogP contribution is 2.29. The van der Waals surface area contributed by atoms with E-state index in [1.54, 1.807) is 23.4 Å². The number of para-hydroxylation sites is 1. The van der Waals surface area contributed by atoms with Gasteiger partial charge in [0.25, 0.3) is 5.91 Å². The minimum atomic E-state index is -0.216. The molecule has 3 aromatic rings. The molecule has 0 bridgehead atoms. The molecule has 2 aliphatic heterocycles. The van der Waals surface area contributed by atoms with Gasteiger partial charge in [-0.25, -0.2) is 4.99 Å². The summed E-state index contributed by atoms with van der Waals surface area (Å²) in [7, 11) is 0. The van der Waals surface area contributed by atoms with Crippen molar-refractivity contribution in [2.24, 2.45) is 4.99 Å². The molecule has 0 atom stereocenters. The Morgan fingerprint density at radius 3 is 2.58 bits per heavy atom. The van der Waals surface area contributed by atoms with E-state index in [9.17, 15) is 9.59 Å². The molecule has 0 aliphatic carbocycles. The van der Waals surface area contributed by atoms with Gasteiger partial charge in [0.05, 0.1) is 11.4 Å². The lowest BCUT2D eigenvalue weighted by Gasteiger charge is -2.29. The predicted octanol–water partition coefficient (Wildman–Crippen LogP) is 4.14. The van der Waals surface area contributed by atoms with Crippen LogP contribution in [0.15, 0.2) is 89.8 Å². The molecule has 3 heterocycles. The lowest BCUT2D eigenvalue weighted by atomic mass is 10.00. The first-order valence-corrected chi connectivity index (χ1v) is 11.7. The van der Waals surface area contributed by atoms with Crippen molar-refractivity contribution in [3.8, 4) is 0 Å². The number of anilines is 1. The number of carbonyl (C=O) groups excluding carboxylic acids is 2. The fourth-order valence-electron chi connectivity index (χ4n) is 3.94. The first kappa shape index (κ1) is 21.2. The van der Waals surface area contributed by atoms with Crippen LogP contribution in [0.3, 0.4) is 0 Å². The number of benzene rings is 2. The summed E-state index contributed by atoms with van der Waals surface area (Å²) in [5, 5.41) is 0.507. The van der Waals surface area contributed by atoms with Crippen molar-refractivity contribution in [1.29, 1.82) is 0 Å². The van der Waals surface area contributed by atoms with Crippen LogP contribution in [0.25, 0.3) is 6.08 Å². The van der Waals surface area contributed by atoms with Crippen LogP contribution in [0.5, 0.6) is 0 Å². The second-order valence-corrected chi connectivity index (χ2v) is 8.75. The Morgan fingerprint density at radius 1 is 1.00 bits per heavy atom. The van der Waals surface area contributed by atoms with Gasteiger partial charge in [-0.3, -0.25) is 19.5 Å². The number of hydrogen-bond donors (Lipinski definition) is 0. The summed E-state index contributed by atoms with van der Waals surface area (Å²) in [4.78, 5) is 38.4. The third-order valence-electron chi connectivity index (χ3n) is 5.64.